The Morgan fingerprint density at radius 3 is 2.20 bits per heavy atom. The first-order valence-electron chi connectivity index (χ1n) is 6.17. The topological polar surface area (TPSA) is 34.1 Å². The molecule has 0 spiro atoms. The lowest BCUT2D eigenvalue weighted by atomic mass is 10.2. The normalized spacial score (nSPS) is 12.4. The van der Waals surface area contributed by atoms with Gasteiger partial charge in [0.05, 0.1) is 9.80 Å². The van der Waals surface area contributed by atoms with Crippen molar-refractivity contribution in [2.45, 2.75) is 11.8 Å². The summed E-state index contributed by atoms with van der Waals surface area (Å²) >= 11 is 3.27. The first kappa shape index (κ1) is 15.0. The highest BCUT2D eigenvalue weighted by Gasteiger charge is 2.19. The zero-order chi connectivity index (χ0) is 14.6. The molecule has 0 saturated heterocycles. The molecule has 0 fully saturated rings. The van der Waals surface area contributed by atoms with Gasteiger partial charge in [0.15, 0.2) is 0 Å². The van der Waals surface area contributed by atoms with Crippen LogP contribution in [-0.2, 0) is 9.84 Å². The van der Waals surface area contributed by atoms with Gasteiger partial charge in [-0.2, -0.15) is 0 Å². The van der Waals surface area contributed by atoms with E-state index in [9.17, 15) is 8.42 Å². The minimum Gasteiger partial charge on any atom is -0.219 e. The van der Waals surface area contributed by atoms with E-state index in [1.165, 1.54) is 0 Å². The molecule has 4 heteroatoms. The molecule has 2 rings (SSSR count). The van der Waals surface area contributed by atoms with E-state index in [0.29, 0.717) is 9.80 Å². The number of hydrogen-bond acceptors (Lipinski definition) is 2. The summed E-state index contributed by atoms with van der Waals surface area (Å²) in [6.45, 7) is 1.93. The van der Waals surface area contributed by atoms with Crippen LogP contribution < -0.4 is 0 Å². The van der Waals surface area contributed by atoms with Crippen LogP contribution in [0.3, 0.4) is 0 Å². The molecule has 0 bridgehead atoms. The van der Waals surface area contributed by atoms with Gasteiger partial charge in [0.25, 0.3) is 0 Å². The fourth-order valence-corrected chi connectivity index (χ4v) is 4.09. The Morgan fingerprint density at radius 2 is 1.65 bits per heavy atom. The zero-order valence-corrected chi connectivity index (χ0v) is 13.5. The van der Waals surface area contributed by atoms with Gasteiger partial charge >= 0.3 is 0 Å². The summed E-state index contributed by atoms with van der Waals surface area (Å²) in [5.41, 5.74) is 1.91. The number of sulfone groups is 1. The Balaban J connectivity index is 2.45. The highest BCUT2D eigenvalue weighted by atomic mass is 79.9. The average molecular weight is 351 g/mol. The van der Waals surface area contributed by atoms with E-state index >= 15 is 0 Å². The Hall–Kier alpha value is -1.39. The number of benzene rings is 2. The smallest absolute Gasteiger partial charge is 0.203 e. The standard InChI is InChI=1S/C16H15BrO2S/c1-13-7-9-15(10-8-13)20(18,19)16(12-17)11-14-5-3-2-4-6-14/h2-11H,12H2,1H3/b16-11+. The van der Waals surface area contributed by atoms with Crippen LogP contribution in [0.4, 0.5) is 0 Å². The molecule has 20 heavy (non-hydrogen) atoms. The Kier molecular flexibility index (Phi) is 4.78. The van der Waals surface area contributed by atoms with Gasteiger partial charge < -0.3 is 0 Å². The molecule has 0 amide bonds. The molecule has 0 unspecified atom stereocenters. The average Bonchev–Trinajstić information content (AvgIpc) is 2.46. The van der Waals surface area contributed by atoms with Gasteiger partial charge in [-0.3, -0.25) is 0 Å². The van der Waals surface area contributed by atoms with E-state index in [0.717, 1.165) is 11.1 Å². The number of aryl methyl sites for hydroxylation is 1. The largest absolute Gasteiger partial charge is 0.219 e. The van der Waals surface area contributed by atoms with Crippen molar-refractivity contribution in [3.63, 3.8) is 0 Å². The van der Waals surface area contributed by atoms with Crippen molar-refractivity contribution in [1.82, 2.24) is 0 Å². The van der Waals surface area contributed by atoms with Gasteiger partial charge in [-0.25, -0.2) is 8.42 Å². The van der Waals surface area contributed by atoms with E-state index in [2.05, 4.69) is 15.9 Å². The fraction of sp³-hybridized carbons (Fsp3) is 0.125. The number of hydrogen-bond donors (Lipinski definition) is 0. The van der Waals surface area contributed by atoms with E-state index < -0.39 is 9.84 Å². The van der Waals surface area contributed by atoms with Crippen LogP contribution in [0.1, 0.15) is 11.1 Å². The van der Waals surface area contributed by atoms with Crippen LogP contribution >= 0.6 is 15.9 Å². The maximum atomic E-state index is 12.6. The summed E-state index contributed by atoms with van der Waals surface area (Å²) in [5, 5.41) is 0.290. The van der Waals surface area contributed by atoms with Crippen molar-refractivity contribution in [1.29, 1.82) is 0 Å². The summed E-state index contributed by atoms with van der Waals surface area (Å²) in [6, 6.07) is 16.3. The van der Waals surface area contributed by atoms with Crippen LogP contribution in [0.25, 0.3) is 6.08 Å². The van der Waals surface area contributed by atoms with Gasteiger partial charge in [-0.15, -0.1) is 0 Å². The van der Waals surface area contributed by atoms with Crippen LogP contribution in [0.15, 0.2) is 64.4 Å². The quantitative estimate of drug-likeness (QED) is 0.774. The number of allylic oxidation sites excluding steroid dienone is 1. The lowest BCUT2D eigenvalue weighted by molar-refractivity contribution is 0.602. The van der Waals surface area contributed by atoms with Crippen LogP contribution in [-0.4, -0.2) is 13.7 Å². The molecule has 0 aromatic heterocycles. The summed E-state index contributed by atoms with van der Waals surface area (Å²) in [4.78, 5) is 0.678. The molecule has 0 aliphatic heterocycles. The van der Waals surface area contributed by atoms with Gasteiger partial charge in [0.2, 0.25) is 9.84 Å². The molecule has 0 heterocycles. The Morgan fingerprint density at radius 1 is 1.05 bits per heavy atom. The van der Waals surface area contributed by atoms with Crippen molar-refractivity contribution in [2.75, 3.05) is 5.33 Å². The maximum absolute atomic E-state index is 12.6. The van der Waals surface area contributed by atoms with Crippen molar-refractivity contribution < 1.29 is 8.42 Å². The molecular formula is C16H15BrO2S. The maximum Gasteiger partial charge on any atom is 0.203 e. The molecule has 0 saturated carbocycles. The lowest BCUT2D eigenvalue weighted by Crippen LogP contribution is -2.06. The summed E-state index contributed by atoms with van der Waals surface area (Å²) in [5.74, 6) is 0. The van der Waals surface area contributed by atoms with Crippen molar-refractivity contribution >= 4 is 31.8 Å². The van der Waals surface area contributed by atoms with Crippen LogP contribution in [0, 0.1) is 6.92 Å². The van der Waals surface area contributed by atoms with Gasteiger partial charge in [0.1, 0.15) is 0 Å². The van der Waals surface area contributed by atoms with Crippen molar-refractivity contribution in [2.24, 2.45) is 0 Å². The zero-order valence-electron chi connectivity index (χ0n) is 11.1. The minimum absolute atomic E-state index is 0.290. The predicted octanol–water partition coefficient (Wildman–Crippen LogP) is 4.20. The molecule has 0 N–H and O–H groups in total. The van der Waals surface area contributed by atoms with Gasteiger partial charge in [0, 0.05) is 5.33 Å². The molecule has 0 aliphatic carbocycles. The highest BCUT2D eigenvalue weighted by Crippen LogP contribution is 2.23. The third-order valence-corrected chi connectivity index (χ3v) is 5.76. The third kappa shape index (κ3) is 3.38. The third-order valence-electron chi connectivity index (χ3n) is 2.94. The number of alkyl halides is 1. The molecular weight excluding hydrogens is 336 g/mol. The molecule has 0 atom stereocenters. The van der Waals surface area contributed by atoms with Crippen molar-refractivity contribution in [3.8, 4) is 0 Å². The molecule has 104 valence electrons. The monoisotopic (exact) mass is 350 g/mol. The number of rotatable bonds is 4. The van der Waals surface area contributed by atoms with Crippen LogP contribution in [0.5, 0.6) is 0 Å². The van der Waals surface area contributed by atoms with Gasteiger partial charge in [-0.1, -0.05) is 64.0 Å². The van der Waals surface area contributed by atoms with Gasteiger partial charge in [-0.05, 0) is 30.7 Å². The van der Waals surface area contributed by atoms with E-state index in [1.807, 2.05) is 37.3 Å². The van der Waals surface area contributed by atoms with E-state index in [1.54, 1.807) is 30.3 Å². The second-order valence-electron chi connectivity index (χ2n) is 4.47. The number of halogens is 1. The Labute approximate surface area is 128 Å². The summed E-state index contributed by atoms with van der Waals surface area (Å²) in [7, 11) is -3.45. The Bertz CT molecular complexity index is 702. The first-order chi connectivity index (χ1) is 9.54. The molecule has 2 aromatic carbocycles. The minimum atomic E-state index is -3.45. The van der Waals surface area contributed by atoms with Crippen molar-refractivity contribution in [3.05, 3.63) is 70.6 Å². The van der Waals surface area contributed by atoms with Crippen LogP contribution in [0.2, 0.25) is 0 Å². The highest BCUT2D eigenvalue weighted by molar-refractivity contribution is 9.09. The second-order valence-corrected chi connectivity index (χ2v) is 7.03. The summed E-state index contributed by atoms with van der Waals surface area (Å²) in [6.07, 6.45) is 1.70. The predicted molar refractivity (Wildman–Crippen MR) is 86.6 cm³/mol. The van der Waals surface area contributed by atoms with E-state index in [4.69, 9.17) is 0 Å². The summed E-state index contributed by atoms with van der Waals surface area (Å²) < 4.78 is 25.2. The first-order valence-corrected chi connectivity index (χ1v) is 8.78. The molecule has 2 nitrogen and oxygen atoms in total. The molecule has 0 aliphatic rings. The SMILES string of the molecule is Cc1ccc(S(=O)(=O)/C(=C/c2ccccc2)CBr)cc1. The molecule has 0 radical (unpaired) electrons. The second kappa shape index (κ2) is 6.37. The molecule has 2 aromatic rings. The van der Waals surface area contributed by atoms with E-state index in [-0.39, 0.29) is 5.33 Å². The fourth-order valence-electron chi connectivity index (χ4n) is 1.79. The lowest BCUT2D eigenvalue weighted by Gasteiger charge is -2.07.